The number of hydrogen-bond acceptors (Lipinski definition) is 5. The van der Waals surface area contributed by atoms with Gasteiger partial charge in [-0.05, 0) is 6.07 Å². The lowest BCUT2D eigenvalue weighted by atomic mass is 10.4. The van der Waals surface area contributed by atoms with Crippen LogP contribution in [0.15, 0.2) is 12.3 Å². The minimum atomic E-state index is 0.510. The van der Waals surface area contributed by atoms with E-state index in [2.05, 4.69) is 14.9 Å². The van der Waals surface area contributed by atoms with E-state index in [1.54, 1.807) is 12.3 Å². The molecule has 0 spiro atoms. The van der Waals surface area contributed by atoms with Crippen molar-refractivity contribution in [3.05, 3.63) is 17.3 Å². The van der Waals surface area contributed by atoms with Gasteiger partial charge in [0.2, 0.25) is 5.95 Å². The first-order chi connectivity index (χ1) is 9.24. The van der Waals surface area contributed by atoms with Gasteiger partial charge >= 0.3 is 0 Å². The lowest BCUT2D eigenvalue weighted by Gasteiger charge is -2.26. The lowest BCUT2D eigenvalue weighted by molar-refractivity contribution is 0.291. The molecule has 7 heteroatoms. The van der Waals surface area contributed by atoms with E-state index in [1.165, 1.54) is 11.5 Å². The summed E-state index contributed by atoms with van der Waals surface area (Å²) in [5.41, 5.74) is 7.54. The summed E-state index contributed by atoms with van der Waals surface area (Å²) < 4.78 is 1.97. The van der Waals surface area contributed by atoms with Crippen molar-refractivity contribution in [1.29, 1.82) is 0 Å². The minimum Gasteiger partial charge on any atom is -0.369 e. The molecule has 0 amide bonds. The van der Waals surface area contributed by atoms with Crippen molar-refractivity contribution in [2.75, 3.05) is 36.9 Å². The predicted octanol–water partition coefficient (Wildman–Crippen LogP) is 1.72. The van der Waals surface area contributed by atoms with Crippen molar-refractivity contribution in [2.45, 2.75) is 6.54 Å². The number of halogens is 1. The van der Waals surface area contributed by atoms with Crippen LogP contribution in [0.1, 0.15) is 0 Å². The molecule has 2 aromatic heterocycles. The van der Waals surface area contributed by atoms with Crippen LogP contribution in [0, 0.1) is 0 Å². The van der Waals surface area contributed by atoms with Crippen molar-refractivity contribution >= 4 is 40.5 Å². The highest BCUT2D eigenvalue weighted by atomic mass is 35.5. The molecule has 0 saturated carbocycles. The number of nitrogens with two attached hydrogens (primary N) is 1. The minimum absolute atomic E-state index is 0.510. The van der Waals surface area contributed by atoms with E-state index in [-0.39, 0.29) is 0 Å². The summed E-state index contributed by atoms with van der Waals surface area (Å²) in [4.78, 5) is 11.1. The Hall–Kier alpha value is -0.980. The molecule has 0 unspecified atom stereocenters. The maximum Gasteiger partial charge on any atom is 0.202 e. The molecule has 2 aromatic rings. The van der Waals surface area contributed by atoms with Crippen molar-refractivity contribution < 1.29 is 0 Å². The first-order valence-corrected chi connectivity index (χ1v) is 7.84. The van der Waals surface area contributed by atoms with Crippen LogP contribution in [0.4, 0.5) is 5.95 Å². The highest BCUT2D eigenvalue weighted by Crippen LogP contribution is 2.19. The maximum absolute atomic E-state index is 5.97. The Bertz CT molecular complexity index is 579. The summed E-state index contributed by atoms with van der Waals surface area (Å²) in [6, 6.07) is 1.80. The van der Waals surface area contributed by atoms with Crippen molar-refractivity contribution in [3.63, 3.8) is 0 Å². The Kier molecular flexibility index (Phi) is 3.81. The average molecular weight is 298 g/mol. The first kappa shape index (κ1) is 13.0. The maximum atomic E-state index is 5.97. The zero-order valence-corrected chi connectivity index (χ0v) is 12.1. The van der Waals surface area contributed by atoms with Crippen LogP contribution in [0.5, 0.6) is 0 Å². The molecule has 0 atom stereocenters. The SMILES string of the molecule is Nc1nc2cc(Cl)cnc2n1CCN1CCSCC1. The van der Waals surface area contributed by atoms with Gasteiger partial charge in [-0.2, -0.15) is 11.8 Å². The molecule has 0 aliphatic carbocycles. The molecule has 1 aliphatic rings. The second-order valence-electron chi connectivity index (χ2n) is 4.57. The van der Waals surface area contributed by atoms with E-state index in [4.69, 9.17) is 17.3 Å². The second-order valence-corrected chi connectivity index (χ2v) is 6.23. The molecule has 3 heterocycles. The summed E-state index contributed by atoms with van der Waals surface area (Å²) in [7, 11) is 0. The molecular weight excluding hydrogens is 282 g/mol. The van der Waals surface area contributed by atoms with E-state index in [9.17, 15) is 0 Å². The molecular formula is C12H16ClN5S. The van der Waals surface area contributed by atoms with E-state index >= 15 is 0 Å². The number of imidazole rings is 1. The van der Waals surface area contributed by atoms with Gasteiger partial charge < -0.3 is 5.73 Å². The quantitative estimate of drug-likeness (QED) is 0.935. The summed E-state index contributed by atoms with van der Waals surface area (Å²) in [5, 5.41) is 0.588. The molecule has 3 rings (SSSR count). The third kappa shape index (κ3) is 2.80. The summed E-state index contributed by atoms with van der Waals surface area (Å²) in [6.45, 7) is 4.11. The third-order valence-corrected chi connectivity index (χ3v) is 4.47. The van der Waals surface area contributed by atoms with Gasteiger partial charge in [-0.3, -0.25) is 9.47 Å². The number of hydrogen-bond donors (Lipinski definition) is 1. The van der Waals surface area contributed by atoms with E-state index in [0.29, 0.717) is 11.0 Å². The third-order valence-electron chi connectivity index (χ3n) is 3.32. The molecule has 0 radical (unpaired) electrons. The summed E-state index contributed by atoms with van der Waals surface area (Å²) >= 11 is 7.93. The van der Waals surface area contributed by atoms with Gasteiger partial charge in [0, 0.05) is 43.9 Å². The zero-order chi connectivity index (χ0) is 13.2. The van der Waals surface area contributed by atoms with Crippen LogP contribution in [-0.2, 0) is 6.54 Å². The van der Waals surface area contributed by atoms with Crippen molar-refractivity contribution in [3.8, 4) is 0 Å². The molecule has 1 aliphatic heterocycles. The van der Waals surface area contributed by atoms with Crippen LogP contribution in [0.2, 0.25) is 5.02 Å². The fourth-order valence-corrected chi connectivity index (χ4v) is 3.42. The molecule has 2 N–H and O–H groups in total. The fraction of sp³-hybridized carbons (Fsp3) is 0.500. The Balaban J connectivity index is 1.78. The fourth-order valence-electron chi connectivity index (χ4n) is 2.29. The highest BCUT2D eigenvalue weighted by Gasteiger charge is 2.13. The number of rotatable bonds is 3. The molecule has 102 valence electrons. The Morgan fingerprint density at radius 2 is 2.11 bits per heavy atom. The smallest absolute Gasteiger partial charge is 0.202 e. The Labute approximate surface area is 121 Å². The van der Waals surface area contributed by atoms with Gasteiger partial charge in [-0.15, -0.1) is 0 Å². The monoisotopic (exact) mass is 297 g/mol. The zero-order valence-electron chi connectivity index (χ0n) is 10.5. The number of thioether (sulfide) groups is 1. The standard InChI is InChI=1S/C12H16ClN5S/c13-9-7-10-11(15-8-9)18(12(14)16-10)2-1-17-3-5-19-6-4-17/h7-8H,1-6H2,(H2,14,16). The Morgan fingerprint density at radius 1 is 1.32 bits per heavy atom. The molecule has 1 saturated heterocycles. The van der Waals surface area contributed by atoms with Crippen LogP contribution >= 0.6 is 23.4 Å². The van der Waals surface area contributed by atoms with Gasteiger partial charge in [-0.25, -0.2) is 9.97 Å². The van der Waals surface area contributed by atoms with Crippen LogP contribution < -0.4 is 5.73 Å². The van der Waals surface area contributed by atoms with Crippen molar-refractivity contribution in [2.24, 2.45) is 0 Å². The normalized spacial score (nSPS) is 17.1. The molecule has 0 aromatic carbocycles. The largest absolute Gasteiger partial charge is 0.369 e. The van der Waals surface area contributed by atoms with Gasteiger partial charge in [0.25, 0.3) is 0 Å². The number of anilines is 1. The Morgan fingerprint density at radius 3 is 2.89 bits per heavy atom. The van der Waals surface area contributed by atoms with E-state index < -0.39 is 0 Å². The number of nitrogen functional groups attached to an aromatic ring is 1. The summed E-state index contributed by atoms with van der Waals surface area (Å²) in [5.74, 6) is 2.94. The van der Waals surface area contributed by atoms with Gasteiger partial charge in [0.15, 0.2) is 5.65 Å². The number of pyridine rings is 1. The predicted molar refractivity (Wildman–Crippen MR) is 80.7 cm³/mol. The van der Waals surface area contributed by atoms with Crippen LogP contribution in [0.25, 0.3) is 11.2 Å². The summed E-state index contributed by atoms with van der Waals surface area (Å²) in [6.07, 6.45) is 1.64. The molecule has 5 nitrogen and oxygen atoms in total. The molecule has 1 fully saturated rings. The van der Waals surface area contributed by atoms with Gasteiger partial charge in [0.1, 0.15) is 5.52 Å². The lowest BCUT2D eigenvalue weighted by Crippen LogP contribution is -2.35. The van der Waals surface area contributed by atoms with E-state index in [1.807, 2.05) is 16.3 Å². The second kappa shape index (κ2) is 5.56. The molecule has 0 bridgehead atoms. The highest BCUT2D eigenvalue weighted by molar-refractivity contribution is 7.99. The van der Waals surface area contributed by atoms with Gasteiger partial charge in [-0.1, -0.05) is 11.6 Å². The topological polar surface area (TPSA) is 60.0 Å². The molecule has 19 heavy (non-hydrogen) atoms. The van der Waals surface area contributed by atoms with Crippen LogP contribution in [0.3, 0.4) is 0 Å². The van der Waals surface area contributed by atoms with Crippen molar-refractivity contribution in [1.82, 2.24) is 19.4 Å². The van der Waals surface area contributed by atoms with E-state index in [0.717, 1.165) is 37.3 Å². The number of nitrogens with zero attached hydrogens (tertiary/aromatic N) is 4. The van der Waals surface area contributed by atoms with Gasteiger partial charge in [0.05, 0.1) is 5.02 Å². The number of fused-ring (bicyclic) bond motifs is 1. The van der Waals surface area contributed by atoms with Crippen LogP contribution in [-0.4, -0.2) is 50.6 Å². The first-order valence-electron chi connectivity index (χ1n) is 6.31. The number of aromatic nitrogens is 3. The average Bonchev–Trinajstić information content (AvgIpc) is 2.72.